The molecule has 25 nitrogen and oxygen atoms in total. The number of benzene rings is 5. The fourth-order valence-corrected chi connectivity index (χ4v) is 9.88. The molecule has 0 aliphatic carbocycles. The van der Waals surface area contributed by atoms with E-state index in [9.17, 15) is 34.2 Å². The van der Waals surface area contributed by atoms with Crippen LogP contribution in [0, 0.1) is 0 Å². The number of rotatable bonds is 37. The van der Waals surface area contributed by atoms with Gasteiger partial charge in [0, 0.05) is 39.3 Å². The number of carbonyl (C=O) groups is 5. The van der Waals surface area contributed by atoms with Gasteiger partial charge in [-0.2, -0.15) is 0 Å². The Bertz CT molecular complexity index is 3160. The van der Waals surface area contributed by atoms with Crippen LogP contribution in [0.5, 0.6) is 86.2 Å². The van der Waals surface area contributed by atoms with Crippen LogP contribution in [-0.2, 0) is 31.3 Å². The SMILES string of the molecule is CCOc1cc(C(=O)O)c(-c2c(C(=O)O)cc(OCC)c(OCC)c2OCC)c(OCC)c1OCC.CCOc1cc(C(=O)OC)c(-c2c(C(=O)OC)cc(OCC)c(OCC)c2OCC)c(OCC)c1OCC.CCOc1cc(C(=O)OC)c(Br)c(OCC)c1OCC.[Cu]. The fraction of sp³-hybridized carbons (Fsp3) is 0.485. The largest absolute Gasteiger partial charge is 0.490 e. The summed E-state index contributed by atoms with van der Waals surface area (Å²) in [4.78, 5) is 63.2. The number of esters is 3. The Morgan fingerprint density at radius 2 is 0.442 bits per heavy atom. The first-order valence-electron chi connectivity index (χ1n) is 31.1. The summed E-state index contributed by atoms with van der Waals surface area (Å²) < 4.78 is 103. The molecule has 531 valence electrons. The summed E-state index contributed by atoms with van der Waals surface area (Å²) >= 11 is 3.37. The molecule has 0 spiro atoms. The van der Waals surface area contributed by atoms with Gasteiger partial charge >= 0.3 is 29.8 Å². The second kappa shape index (κ2) is 42.7. The molecule has 0 unspecified atom stereocenters. The first kappa shape index (κ1) is 82.5. The van der Waals surface area contributed by atoms with E-state index >= 15 is 0 Å². The summed E-state index contributed by atoms with van der Waals surface area (Å²) in [5.74, 6) is -0.930. The van der Waals surface area contributed by atoms with Crippen LogP contribution in [0.25, 0.3) is 22.3 Å². The number of carboxylic acids is 2. The molecule has 27 heteroatoms. The van der Waals surface area contributed by atoms with Crippen molar-refractivity contribution in [2.24, 2.45) is 0 Å². The normalized spacial score (nSPS) is 10.3. The van der Waals surface area contributed by atoms with Crippen molar-refractivity contribution in [1.29, 1.82) is 0 Å². The minimum Gasteiger partial charge on any atom is -0.490 e. The Balaban J connectivity index is 0.000000505. The maximum absolute atomic E-state index is 13.2. The molecule has 0 heterocycles. The third-order valence-corrected chi connectivity index (χ3v) is 13.3. The van der Waals surface area contributed by atoms with E-state index in [2.05, 4.69) is 15.9 Å². The number of halogens is 1. The maximum Gasteiger partial charge on any atom is 0.339 e. The topological polar surface area (TPSA) is 292 Å². The third kappa shape index (κ3) is 20.5. The van der Waals surface area contributed by atoms with Crippen LogP contribution in [0.2, 0.25) is 0 Å². The summed E-state index contributed by atoms with van der Waals surface area (Å²) in [6, 6.07) is 7.20. The molecule has 0 amide bonds. The molecule has 2 N–H and O–H groups in total. The summed E-state index contributed by atoms with van der Waals surface area (Å²) in [6.07, 6.45) is 0. The molecule has 95 heavy (non-hydrogen) atoms. The Morgan fingerprint density at radius 3 is 0.653 bits per heavy atom. The van der Waals surface area contributed by atoms with Gasteiger partial charge in [0.2, 0.25) is 28.7 Å². The van der Waals surface area contributed by atoms with Gasteiger partial charge in [0.15, 0.2) is 57.5 Å². The van der Waals surface area contributed by atoms with Crippen LogP contribution in [0.4, 0.5) is 0 Å². The molecule has 1 radical (unpaired) electrons. The molecular weight excluding hydrogens is 1360 g/mol. The summed E-state index contributed by atoms with van der Waals surface area (Å²) in [6.45, 7) is 31.1. The molecular formula is C68H91BrCuO25. The quantitative estimate of drug-likeness (QED) is 0.0212. The van der Waals surface area contributed by atoms with Crippen molar-refractivity contribution < 1.29 is 137 Å². The van der Waals surface area contributed by atoms with Gasteiger partial charge < -0.3 is 95.5 Å². The zero-order chi connectivity index (χ0) is 70.2. The van der Waals surface area contributed by atoms with E-state index in [1.807, 2.05) is 48.5 Å². The molecule has 0 aliphatic heterocycles. The number of ether oxygens (including phenoxy) is 18. The second-order valence-electron chi connectivity index (χ2n) is 18.3. The summed E-state index contributed by atoms with van der Waals surface area (Å²) in [7, 11) is 3.85. The Kier molecular flexibility index (Phi) is 37.1. The summed E-state index contributed by atoms with van der Waals surface area (Å²) in [5, 5.41) is 20.4. The molecule has 0 saturated heterocycles. The first-order valence-corrected chi connectivity index (χ1v) is 31.9. The zero-order valence-electron chi connectivity index (χ0n) is 57.5. The third-order valence-electron chi connectivity index (χ3n) is 12.5. The molecule has 0 aliphatic rings. The number of carboxylic acid groups (broad SMARTS) is 2. The van der Waals surface area contributed by atoms with Crippen LogP contribution < -0.4 is 71.1 Å². The zero-order valence-corrected chi connectivity index (χ0v) is 60.0. The van der Waals surface area contributed by atoms with Gasteiger partial charge in [-0.1, -0.05) is 0 Å². The van der Waals surface area contributed by atoms with E-state index in [1.165, 1.54) is 45.6 Å². The van der Waals surface area contributed by atoms with Gasteiger partial charge in [0.05, 0.1) is 153 Å². The van der Waals surface area contributed by atoms with E-state index in [0.717, 1.165) is 0 Å². The minimum atomic E-state index is -1.32. The van der Waals surface area contributed by atoms with Crippen molar-refractivity contribution in [2.45, 2.75) is 104 Å². The number of methoxy groups -OCH3 is 3. The number of hydrogen-bond acceptors (Lipinski definition) is 23. The van der Waals surface area contributed by atoms with Gasteiger partial charge in [-0.3, -0.25) is 0 Å². The minimum absolute atomic E-state index is 0. The van der Waals surface area contributed by atoms with Crippen molar-refractivity contribution in [2.75, 3.05) is 120 Å². The van der Waals surface area contributed by atoms with Gasteiger partial charge in [-0.15, -0.1) is 0 Å². The second-order valence-corrected chi connectivity index (χ2v) is 19.1. The van der Waals surface area contributed by atoms with Crippen molar-refractivity contribution in [1.82, 2.24) is 0 Å². The smallest absolute Gasteiger partial charge is 0.339 e. The first-order chi connectivity index (χ1) is 45.3. The predicted octanol–water partition coefficient (Wildman–Crippen LogP) is 13.9. The molecule has 5 aromatic rings. The van der Waals surface area contributed by atoms with E-state index in [1.54, 1.807) is 61.5 Å². The van der Waals surface area contributed by atoms with E-state index in [0.29, 0.717) is 60.3 Å². The Morgan fingerprint density at radius 1 is 0.274 bits per heavy atom. The van der Waals surface area contributed by atoms with Crippen LogP contribution >= 0.6 is 15.9 Å². The van der Waals surface area contributed by atoms with Gasteiger partial charge in [0.25, 0.3) is 0 Å². The van der Waals surface area contributed by atoms with Crippen LogP contribution in [0.3, 0.4) is 0 Å². The van der Waals surface area contributed by atoms with Crippen LogP contribution in [-0.4, -0.2) is 160 Å². The van der Waals surface area contributed by atoms with Crippen molar-refractivity contribution in [3.63, 3.8) is 0 Å². The summed E-state index contributed by atoms with van der Waals surface area (Å²) in [5.41, 5.74) is 0.337. The predicted molar refractivity (Wildman–Crippen MR) is 353 cm³/mol. The maximum atomic E-state index is 13.2. The number of aromatic carboxylic acids is 2. The average Bonchev–Trinajstić information content (AvgIpc) is 0.760. The van der Waals surface area contributed by atoms with Gasteiger partial charge in [-0.05, 0) is 150 Å². The Hall–Kier alpha value is -8.55. The standard InChI is InChI=1S/C28H38O10.C26H34O10.C14H19BrO5.Cu/c1-9-33-19-15-17(27(29)31-7)21(25(37-13-5)23(19)35-11-3)22-18(28(30)32-8)16-20(34-10-2)24(36-12-4)26(22)38-14-6;1-7-31-17-13-15(25(27)28)19(23(35-11-5)21(17)33-9-3)20-16(26(29)30)14-18(32-8-2)22(34-10-4)24(20)36-12-6;1-5-18-10-8-9(14(16)17-4)11(15)13(20-7-3)12(10)19-6-2;/h15-16H,9-14H2,1-8H3;13-14H,7-12H2,1-6H3,(H,27,28)(H,29,30);8H,5-7H2,1-4H3;. The molecule has 0 aromatic heterocycles. The molecule has 5 aromatic carbocycles. The van der Waals surface area contributed by atoms with E-state index in [4.69, 9.17) is 85.3 Å². The van der Waals surface area contributed by atoms with E-state index < -0.39 is 29.8 Å². The van der Waals surface area contributed by atoms with Crippen LogP contribution in [0.1, 0.15) is 156 Å². The Labute approximate surface area is 574 Å². The van der Waals surface area contributed by atoms with E-state index in [-0.39, 0.29) is 197 Å². The molecule has 0 bridgehead atoms. The molecule has 0 saturated carbocycles. The average molecular weight is 1450 g/mol. The van der Waals surface area contributed by atoms with Gasteiger partial charge in [-0.25, -0.2) is 24.0 Å². The molecule has 5 rings (SSSR count). The molecule has 0 fully saturated rings. The number of carbonyl (C=O) groups excluding carboxylic acids is 3. The van der Waals surface area contributed by atoms with Crippen molar-refractivity contribution in [3.8, 4) is 108 Å². The van der Waals surface area contributed by atoms with Crippen LogP contribution in [0.15, 0.2) is 34.8 Å². The monoisotopic (exact) mass is 1450 g/mol. The fourth-order valence-electron chi connectivity index (χ4n) is 9.31. The number of hydrogen-bond donors (Lipinski definition) is 2. The van der Waals surface area contributed by atoms with Gasteiger partial charge in [0.1, 0.15) is 0 Å². The molecule has 0 atom stereocenters. The van der Waals surface area contributed by atoms with Crippen molar-refractivity contribution >= 4 is 45.8 Å². The van der Waals surface area contributed by atoms with Crippen molar-refractivity contribution in [3.05, 3.63) is 62.6 Å².